The summed E-state index contributed by atoms with van der Waals surface area (Å²) in [4.78, 5) is 0. The molecule has 3 heteroatoms. The zero-order chi connectivity index (χ0) is 12.0. The van der Waals surface area contributed by atoms with Crippen LogP contribution in [0.25, 0.3) is 0 Å². The summed E-state index contributed by atoms with van der Waals surface area (Å²) in [6.45, 7) is 4.92. The van der Waals surface area contributed by atoms with Gasteiger partial charge in [0.25, 0.3) is 0 Å². The number of hydrogen-bond acceptors (Lipinski definition) is 3. The van der Waals surface area contributed by atoms with Crippen LogP contribution in [0.4, 0.5) is 0 Å². The Balaban J connectivity index is 1.68. The molecule has 0 radical (unpaired) electrons. The molecule has 2 nitrogen and oxygen atoms in total. The lowest BCUT2D eigenvalue weighted by Gasteiger charge is -2.36. The van der Waals surface area contributed by atoms with Gasteiger partial charge in [-0.1, -0.05) is 19.3 Å². The molecule has 0 amide bonds. The normalized spacial score (nSPS) is 25.9. The van der Waals surface area contributed by atoms with Crippen molar-refractivity contribution >= 4 is 11.8 Å². The maximum absolute atomic E-state index is 3.77. The van der Waals surface area contributed by atoms with E-state index in [1.54, 1.807) is 0 Å². The van der Waals surface area contributed by atoms with E-state index in [-0.39, 0.29) is 0 Å². The molecule has 0 atom stereocenters. The van der Waals surface area contributed by atoms with E-state index < -0.39 is 0 Å². The zero-order valence-electron chi connectivity index (χ0n) is 11.3. The van der Waals surface area contributed by atoms with Crippen molar-refractivity contribution in [3.63, 3.8) is 0 Å². The fourth-order valence-corrected chi connectivity index (χ4v) is 4.18. The van der Waals surface area contributed by atoms with Crippen molar-refractivity contribution in [3.05, 3.63) is 0 Å². The molecular formula is C14H28N2S. The summed E-state index contributed by atoms with van der Waals surface area (Å²) in [7, 11) is 0. The lowest BCUT2D eigenvalue weighted by molar-refractivity contribution is 0.330. The third-order valence-corrected chi connectivity index (χ3v) is 5.96. The SMILES string of the molecule is CSC1(CNCC2CCNCC2)CCCCC1. The van der Waals surface area contributed by atoms with Gasteiger partial charge in [0.05, 0.1) is 0 Å². The Morgan fingerprint density at radius 1 is 1.18 bits per heavy atom. The van der Waals surface area contributed by atoms with Crippen LogP contribution in [0.5, 0.6) is 0 Å². The average Bonchev–Trinajstić information content (AvgIpc) is 2.41. The molecule has 1 heterocycles. The highest BCUT2D eigenvalue weighted by Crippen LogP contribution is 2.37. The summed E-state index contributed by atoms with van der Waals surface area (Å²) in [5.41, 5.74) is 0. The van der Waals surface area contributed by atoms with Crippen LogP contribution < -0.4 is 10.6 Å². The van der Waals surface area contributed by atoms with Crippen LogP contribution in [0.2, 0.25) is 0 Å². The summed E-state index contributed by atoms with van der Waals surface area (Å²) >= 11 is 2.10. The van der Waals surface area contributed by atoms with Gasteiger partial charge in [-0.15, -0.1) is 0 Å². The van der Waals surface area contributed by atoms with Gasteiger partial charge >= 0.3 is 0 Å². The molecular weight excluding hydrogens is 228 g/mol. The van der Waals surface area contributed by atoms with Gasteiger partial charge in [-0.2, -0.15) is 11.8 Å². The average molecular weight is 256 g/mol. The molecule has 0 aromatic rings. The van der Waals surface area contributed by atoms with E-state index in [2.05, 4.69) is 28.7 Å². The third kappa shape index (κ3) is 4.15. The fourth-order valence-electron chi connectivity index (χ4n) is 3.24. The van der Waals surface area contributed by atoms with E-state index in [9.17, 15) is 0 Å². The molecule has 1 saturated heterocycles. The minimum absolute atomic E-state index is 0.561. The van der Waals surface area contributed by atoms with Gasteiger partial charge in [0.1, 0.15) is 0 Å². The molecule has 1 aliphatic carbocycles. The maximum atomic E-state index is 3.77. The van der Waals surface area contributed by atoms with Crippen LogP contribution in [0.15, 0.2) is 0 Å². The molecule has 17 heavy (non-hydrogen) atoms. The smallest absolute Gasteiger partial charge is 0.0281 e. The molecule has 0 bridgehead atoms. The molecule has 100 valence electrons. The molecule has 0 aromatic heterocycles. The zero-order valence-corrected chi connectivity index (χ0v) is 12.1. The number of piperidine rings is 1. The van der Waals surface area contributed by atoms with Gasteiger partial charge in [-0.25, -0.2) is 0 Å². The van der Waals surface area contributed by atoms with Crippen molar-refractivity contribution in [2.45, 2.75) is 49.7 Å². The van der Waals surface area contributed by atoms with Crippen LogP contribution in [-0.4, -0.2) is 37.2 Å². The summed E-state index contributed by atoms with van der Waals surface area (Å²) < 4.78 is 0.561. The largest absolute Gasteiger partial charge is 0.317 e. The van der Waals surface area contributed by atoms with Crippen molar-refractivity contribution in [1.82, 2.24) is 10.6 Å². The highest BCUT2D eigenvalue weighted by atomic mass is 32.2. The van der Waals surface area contributed by atoms with E-state index in [1.807, 2.05) is 0 Å². The standard InChI is InChI=1S/C14H28N2S/c1-17-14(7-3-2-4-8-14)12-16-11-13-5-9-15-10-6-13/h13,15-16H,2-12H2,1H3. The van der Waals surface area contributed by atoms with E-state index in [0.29, 0.717) is 4.75 Å². The molecule has 0 unspecified atom stereocenters. The minimum atomic E-state index is 0.561. The van der Waals surface area contributed by atoms with Gasteiger partial charge in [0.15, 0.2) is 0 Å². The van der Waals surface area contributed by atoms with Crippen molar-refractivity contribution < 1.29 is 0 Å². The van der Waals surface area contributed by atoms with E-state index in [4.69, 9.17) is 0 Å². The lowest BCUT2D eigenvalue weighted by atomic mass is 9.88. The molecule has 2 N–H and O–H groups in total. The van der Waals surface area contributed by atoms with Crippen LogP contribution in [0.3, 0.4) is 0 Å². The van der Waals surface area contributed by atoms with Crippen molar-refractivity contribution in [1.29, 1.82) is 0 Å². The minimum Gasteiger partial charge on any atom is -0.317 e. The summed E-state index contributed by atoms with van der Waals surface area (Å²) in [6.07, 6.45) is 12.2. The predicted molar refractivity (Wildman–Crippen MR) is 77.8 cm³/mol. The second-order valence-electron chi connectivity index (χ2n) is 5.77. The van der Waals surface area contributed by atoms with E-state index >= 15 is 0 Å². The second-order valence-corrected chi connectivity index (χ2v) is 7.05. The third-order valence-electron chi connectivity index (χ3n) is 4.54. The number of hydrogen-bond donors (Lipinski definition) is 2. The fraction of sp³-hybridized carbons (Fsp3) is 1.00. The van der Waals surface area contributed by atoms with Crippen molar-refractivity contribution in [2.24, 2.45) is 5.92 Å². The molecule has 2 aliphatic rings. The Morgan fingerprint density at radius 3 is 2.53 bits per heavy atom. The first-order chi connectivity index (χ1) is 8.35. The molecule has 0 spiro atoms. The predicted octanol–water partition coefficient (Wildman–Crippen LogP) is 2.64. The summed E-state index contributed by atoms with van der Waals surface area (Å²) in [5, 5.41) is 7.21. The van der Waals surface area contributed by atoms with Gasteiger partial charge in [-0.3, -0.25) is 0 Å². The van der Waals surface area contributed by atoms with Crippen LogP contribution >= 0.6 is 11.8 Å². The number of thioether (sulfide) groups is 1. The molecule has 2 fully saturated rings. The lowest BCUT2D eigenvalue weighted by Crippen LogP contribution is -2.42. The van der Waals surface area contributed by atoms with E-state index in [1.165, 1.54) is 71.1 Å². The topological polar surface area (TPSA) is 24.1 Å². The van der Waals surface area contributed by atoms with Crippen LogP contribution in [0.1, 0.15) is 44.9 Å². The highest BCUT2D eigenvalue weighted by molar-refractivity contribution is 8.00. The first kappa shape index (κ1) is 13.7. The Hall–Kier alpha value is 0.270. The quantitative estimate of drug-likeness (QED) is 0.791. The Labute approximate surface area is 111 Å². The van der Waals surface area contributed by atoms with Gasteiger partial charge < -0.3 is 10.6 Å². The van der Waals surface area contributed by atoms with Crippen molar-refractivity contribution in [2.75, 3.05) is 32.4 Å². The van der Waals surface area contributed by atoms with Gasteiger partial charge in [0, 0.05) is 11.3 Å². The molecule has 1 saturated carbocycles. The molecule has 1 aliphatic heterocycles. The van der Waals surface area contributed by atoms with Gasteiger partial charge in [0.2, 0.25) is 0 Å². The van der Waals surface area contributed by atoms with Crippen LogP contribution in [0, 0.1) is 5.92 Å². The first-order valence-electron chi connectivity index (χ1n) is 7.31. The number of rotatable bonds is 5. The maximum Gasteiger partial charge on any atom is 0.0281 e. The monoisotopic (exact) mass is 256 g/mol. The first-order valence-corrected chi connectivity index (χ1v) is 8.54. The summed E-state index contributed by atoms with van der Waals surface area (Å²) in [5.74, 6) is 0.916. The Kier molecular flexibility index (Phi) is 5.64. The number of nitrogens with one attached hydrogen (secondary N) is 2. The Morgan fingerprint density at radius 2 is 1.88 bits per heavy atom. The molecule has 0 aromatic carbocycles. The van der Waals surface area contributed by atoms with Gasteiger partial charge in [-0.05, 0) is 57.5 Å². The van der Waals surface area contributed by atoms with Crippen LogP contribution in [-0.2, 0) is 0 Å². The second kappa shape index (κ2) is 7.01. The summed E-state index contributed by atoms with van der Waals surface area (Å²) in [6, 6.07) is 0. The van der Waals surface area contributed by atoms with Crippen molar-refractivity contribution in [3.8, 4) is 0 Å². The molecule has 2 rings (SSSR count). The highest BCUT2D eigenvalue weighted by Gasteiger charge is 2.30. The Bertz CT molecular complexity index is 208. The van der Waals surface area contributed by atoms with E-state index in [0.717, 1.165) is 5.92 Å².